The molecule has 0 bridgehead atoms. The Morgan fingerprint density at radius 1 is 0.545 bits per heavy atom. The second kappa shape index (κ2) is 21.8. The Hall–Kier alpha value is -2.81. The summed E-state index contributed by atoms with van der Waals surface area (Å²) in [4.78, 5) is 0. The second-order valence-corrected chi connectivity index (χ2v) is 13.5. The summed E-state index contributed by atoms with van der Waals surface area (Å²) < 4.78 is 17.5. The first-order valence-electron chi connectivity index (χ1n) is 15.7. The highest BCUT2D eigenvalue weighted by Crippen LogP contribution is 2.18. The van der Waals surface area contributed by atoms with Crippen molar-refractivity contribution in [3.8, 4) is 5.75 Å². The van der Waals surface area contributed by atoms with Gasteiger partial charge in [0, 0.05) is 10.0 Å². The first kappa shape index (κ1) is 39.2. The lowest BCUT2D eigenvalue weighted by atomic mass is 10.0. The lowest BCUT2D eigenvalue weighted by Gasteiger charge is -2.05. The highest BCUT2D eigenvalue weighted by atomic mass is 35.5. The molecule has 0 heterocycles. The maximum absolute atomic E-state index is 12.4. The summed E-state index contributed by atoms with van der Waals surface area (Å²) in [5.41, 5.74) is 5.22. The second-order valence-electron chi connectivity index (χ2n) is 12.6. The Morgan fingerprint density at radius 3 is 1.36 bits per heavy atom. The SMILES string of the molecule is CC(C)Cc1ccc(F)cc1.CC(C)Cc1cccc(Cl)c1.CC(C)c1cccc(Cl)c1.COc1ccc(CC(C)C)cc1. The molecule has 0 aliphatic heterocycles. The van der Waals surface area contributed by atoms with Crippen molar-refractivity contribution in [3.63, 3.8) is 0 Å². The lowest BCUT2D eigenvalue weighted by molar-refractivity contribution is 0.414. The average Bonchev–Trinajstić information content (AvgIpc) is 2.95. The number of benzene rings is 4. The van der Waals surface area contributed by atoms with E-state index < -0.39 is 0 Å². The summed E-state index contributed by atoms with van der Waals surface area (Å²) in [5.74, 6) is 3.41. The summed E-state index contributed by atoms with van der Waals surface area (Å²) in [7, 11) is 1.69. The van der Waals surface area contributed by atoms with Crippen molar-refractivity contribution in [1.29, 1.82) is 0 Å². The monoisotopic (exact) mass is 638 g/mol. The number of hydrogen-bond acceptors (Lipinski definition) is 1. The summed E-state index contributed by atoms with van der Waals surface area (Å²) in [6.45, 7) is 17.5. The van der Waals surface area contributed by atoms with Crippen LogP contribution in [0.2, 0.25) is 10.0 Å². The van der Waals surface area contributed by atoms with Gasteiger partial charge in [-0.1, -0.05) is 127 Å². The zero-order valence-electron chi connectivity index (χ0n) is 28.2. The molecule has 4 heteroatoms. The van der Waals surface area contributed by atoms with Crippen LogP contribution in [-0.4, -0.2) is 7.11 Å². The van der Waals surface area contributed by atoms with Gasteiger partial charge >= 0.3 is 0 Å². The number of methoxy groups -OCH3 is 1. The zero-order chi connectivity index (χ0) is 33.1. The molecule has 0 aromatic heterocycles. The van der Waals surface area contributed by atoms with Gasteiger partial charge in [0.1, 0.15) is 11.6 Å². The third kappa shape index (κ3) is 18.8. The van der Waals surface area contributed by atoms with Crippen molar-refractivity contribution in [2.75, 3.05) is 7.11 Å². The molecule has 0 fully saturated rings. The predicted molar refractivity (Wildman–Crippen MR) is 192 cm³/mol. The van der Waals surface area contributed by atoms with E-state index in [4.69, 9.17) is 27.9 Å². The molecule has 0 unspecified atom stereocenters. The summed E-state index contributed by atoms with van der Waals surface area (Å²) in [5, 5.41) is 1.66. The van der Waals surface area contributed by atoms with Gasteiger partial charge in [0.15, 0.2) is 0 Å². The third-order valence-corrected chi connectivity index (χ3v) is 6.88. The molecular weight excluding hydrogens is 586 g/mol. The maximum Gasteiger partial charge on any atom is 0.123 e. The highest BCUT2D eigenvalue weighted by molar-refractivity contribution is 6.30. The van der Waals surface area contributed by atoms with Crippen LogP contribution in [0.5, 0.6) is 5.75 Å². The van der Waals surface area contributed by atoms with Gasteiger partial charge in [-0.15, -0.1) is 0 Å². The quantitative estimate of drug-likeness (QED) is 0.186. The third-order valence-electron chi connectivity index (χ3n) is 6.41. The van der Waals surface area contributed by atoms with Crippen molar-refractivity contribution in [3.05, 3.63) is 135 Å². The van der Waals surface area contributed by atoms with Crippen LogP contribution < -0.4 is 4.74 Å². The Balaban J connectivity index is 0.000000294. The molecule has 0 saturated carbocycles. The average molecular weight is 640 g/mol. The molecule has 4 rings (SSSR count). The molecule has 0 amide bonds. The molecular formula is C40H53Cl2FO. The number of hydrogen-bond donors (Lipinski definition) is 0. The topological polar surface area (TPSA) is 9.23 Å². The first-order valence-corrected chi connectivity index (χ1v) is 16.4. The van der Waals surface area contributed by atoms with Crippen LogP contribution in [0.3, 0.4) is 0 Å². The van der Waals surface area contributed by atoms with Gasteiger partial charge in [0.05, 0.1) is 7.11 Å². The zero-order valence-corrected chi connectivity index (χ0v) is 29.7. The number of rotatable bonds is 8. The molecule has 1 nitrogen and oxygen atoms in total. The van der Waals surface area contributed by atoms with Crippen LogP contribution in [0.25, 0.3) is 0 Å². The van der Waals surface area contributed by atoms with Gasteiger partial charge in [0.2, 0.25) is 0 Å². The minimum atomic E-state index is -0.155. The van der Waals surface area contributed by atoms with Gasteiger partial charge < -0.3 is 4.74 Å². The molecule has 0 N–H and O–H groups in total. The smallest absolute Gasteiger partial charge is 0.123 e. The Kier molecular flexibility index (Phi) is 19.4. The van der Waals surface area contributed by atoms with Crippen LogP contribution >= 0.6 is 23.2 Å². The van der Waals surface area contributed by atoms with Gasteiger partial charge in [-0.05, 0) is 114 Å². The molecule has 0 atom stereocenters. The Labute approximate surface area is 277 Å². The fraction of sp³-hybridized carbons (Fsp3) is 0.400. The maximum atomic E-state index is 12.4. The van der Waals surface area contributed by atoms with E-state index in [9.17, 15) is 4.39 Å². The van der Waals surface area contributed by atoms with Crippen molar-refractivity contribution >= 4 is 23.2 Å². The van der Waals surface area contributed by atoms with Crippen molar-refractivity contribution in [2.45, 2.75) is 80.6 Å². The van der Waals surface area contributed by atoms with E-state index in [2.05, 4.69) is 79.7 Å². The van der Waals surface area contributed by atoms with Crippen molar-refractivity contribution in [1.82, 2.24) is 0 Å². The summed E-state index contributed by atoms with van der Waals surface area (Å²) in [6, 6.07) is 31.0. The lowest BCUT2D eigenvalue weighted by Crippen LogP contribution is -1.93. The minimum Gasteiger partial charge on any atom is -0.497 e. The van der Waals surface area contributed by atoms with Gasteiger partial charge in [0.25, 0.3) is 0 Å². The highest BCUT2D eigenvalue weighted by Gasteiger charge is 1.99. The van der Waals surface area contributed by atoms with Crippen LogP contribution in [0.15, 0.2) is 97.1 Å². The van der Waals surface area contributed by atoms with E-state index in [1.54, 1.807) is 7.11 Å². The van der Waals surface area contributed by atoms with Crippen LogP contribution in [0.1, 0.15) is 83.6 Å². The van der Waals surface area contributed by atoms with Crippen molar-refractivity contribution < 1.29 is 9.13 Å². The summed E-state index contributed by atoms with van der Waals surface area (Å²) >= 11 is 11.6. The molecule has 0 aliphatic carbocycles. The van der Waals surface area contributed by atoms with E-state index in [0.29, 0.717) is 17.8 Å². The molecule has 0 spiro atoms. The first-order chi connectivity index (χ1) is 20.8. The van der Waals surface area contributed by atoms with E-state index >= 15 is 0 Å². The van der Waals surface area contributed by atoms with Gasteiger partial charge in [-0.3, -0.25) is 0 Å². The van der Waals surface area contributed by atoms with Crippen molar-refractivity contribution in [2.24, 2.45) is 17.8 Å². The number of ether oxygens (including phenoxy) is 1. The minimum absolute atomic E-state index is 0.155. The Bertz CT molecular complexity index is 1300. The fourth-order valence-electron chi connectivity index (χ4n) is 4.33. The standard InChI is InChI=1S/C11H16O.C10H13Cl.C10H13F.C9H11Cl/c1-9(2)8-10-4-6-11(12-3)7-5-10;1-8(2)6-9-4-3-5-10(11)7-9;1-8(2)7-9-3-5-10(11)6-4-9;1-7(2)8-4-3-5-9(10)6-8/h4-7,9H,8H2,1-3H3;3-5,7-8H,6H2,1-2H3;3-6,8H,7H2,1-2H3;3-7H,1-2H3. The normalized spacial score (nSPS) is 10.5. The summed E-state index contributed by atoms with van der Waals surface area (Å²) in [6.07, 6.45) is 3.28. The molecule has 4 aromatic carbocycles. The van der Waals surface area contributed by atoms with Gasteiger partial charge in [-0.25, -0.2) is 4.39 Å². The van der Waals surface area contributed by atoms with E-state index in [-0.39, 0.29) is 5.82 Å². The molecule has 0 radical (unpaired) electrons. The molecule has 0 aliphatic rings. The van der Waals surface area contributed by atoms with Crippen LogP contribution in [0.4, 0.5) is 4.39 Å². The van der Waals surface area contributed by atoms with E-state index in [1.807, 2.05) is 60.7 Å². The predicted octanol–water partition coefficient (Wildman–Crippen LogP) is 12.9. The molecule has 240 valence electrons. The Morgan fingerprint density at radius 2 is 0.977 bits per heavy atom. The van der Waals surface area contributed by atoms with Gasteiger partial charge in [-0.2, -0.15) is 0 Å². The van der Waals surface area contributed by atoms with E-state index in [0.717, 1.165) is 41.0 Å². The molecule has 44 heavy (non-hydrogen) atoms. The van der Waals surface area contributed by atoms with Crippen LogP contribution in [0, 0.1) is 23.6 Å². The van der Waals surface area contributed by atoms with E-state index in [1.165, 1.54) is 34.4 Å². The largest absolute Gasteiger partial charge is 0.497 e. The molecule has 4 aromatic rings. The van der Waals surface area contributed by atoms with Crippen LogP contribution in [-0.2, 0) is 19.3 Å². The fourth-order valence-corrected chi connectivity index (χ4v) is 4.74. The molecule has 0 saturated heterocycles. The number of halogens is 3.